The van der Waals surface area contributed by atoms with Crippen molar-refractivity contribution < 1.29 is 0 Å². The normalized spacial score (nSPS) is 10.3. The second kappa shape index (κ2) is 2.73. The molecule has 0 saturated heterocycles. The van der Waals surface area contributed by atoms with Crippen molar-refractivity contribution in [1.82, 2.24) is 9.97 Å². The van der Waals surface area contributed by atoms with Gasteiger partial charge < -0.3 is 0 Å². The Hall–Kier alpha value is -0.710. The lowest BCUT2D eigenvalue weighted by atomic mass is 10.3. The summed E-state index contributed by atoms with van der Waals surface area (Å²) < 4.78 is 1.20. The van der Waals surface area contributed by atoms with E-state index in [-0.39, 0.29) is 0 Å². The molecule has 0 spiro atoms. The number of aromatic nitrogens is 2. The summed E-state index contributed by atoms with van der Waals surface area (Å²) in [6.45, 7) is 0. The molecular weight excluding hydrogens is 251 g/mol. The first-order valence-electron chi connectivity index (χ1n) is 3.22. The molecule has 0 aliphatic carbocycles. The third-order valence-corrected chi connectivity index (χ3v) is 2.43. The lowest BCUT2D eigenvalue weighted by Gasteiger charge is -1.95. The monoisotopic (exact) mass is 256 g/mol. The van der Waals surface area contributed by atoms with Crippen molar-refractivity contribution >= 4 is 33.5 Å². The van der Waals surface area contributed by atoms with Crippen LogP contribution in [0.25, 0.3) is 10.9 Å². The Balaban J connectivity index is 2.91. The van der Waals surface area contributed by atoms with Crippen molar-refractivity contribution in [2.75, 3.05) is 0 Å². The average molecular weight is 256 g/mol. The fourth-order valence-corrected chi connectivity index (χ4v) is 1.53. The first-order chi connectivity index (χ1) is 5.38. The Kier molecular flexibility index (Phi) is 1.73. The van der Waals surface area contributed by atoms with Crippen LogP contribution in [-0.4, -0.2) is 9.97 Å². The lowest BCUT2D eigenvalue weighted by molar-refractivity contribution is 1.32. The Morgan fingerprint density at radius 3 is 2.91 bits per heavy atom. The highest BCUT2D eigenvalue weighted by Gasteiger charge is 1.95. The molecule has 2 aromatic rings. The van der Waals surface area contributed by atoms with Crippen LogP contribution in [0.15, 0.2) is 30.7 Å². The highest BCUT2D eigenvalue weighted by molar-refractivity contribution is 14.1. The maximum atomic E-state index is 4.20. The van der Waals surface area contributed by atoms with Gasteiger partial charge in [0.05, 0.1) is 5.52 Å². The van der Waals surface area contributed by atoms with Gasteiger partial charge in [-0.25, -0.2) is 0 Å². The van der Waals surface area contributed by atoms with E-state index in [9.17, 15) is 0 Å². The van der Waals surface area contributed by atoms with E-state index < -0.39 is 0 Å². The van der Waals surface area contributed by atoms with Gasteiger partial charge in [-0.3, -0.25) is 9.97 Å². The molecule has 0 N–H and O–H groups in total. The van der Waals surface area contributed by atoms with Crippen LogP contribution >= 0.6 is 22.6 Å². The van der Waals surface area contributed by atoms with Crippen molar-refractivity contribution in [3.63, 3.8) is 0 Å². The number of nitrogens with zero attached hydrogens (tertiary/aromatic N) is 2. The second-order valence-electron chi connectivity index (χ2n) is 2.19. The number of hydrogen-bond acceptors (Lipinski definition) is 2. The second-order valence-corrected chi connectivity index (χ2v) is 3.35. The third kappa shape index (κ3) is 1.20. The SMILES string of the molecule is Ic1ccnc2ccncc12. The zero-order valence-electron chi connectivity index (χ0n) is 5.66. The lowest BCUT2D eigenvalue weighted by Crippen LogP contribution is -1.81. The minimum atomic E-state index is 1.01. The molecule has 0 fully saturated rings. The third-order valence-electron chi connectivity index (χ3n) is 1.49. The maximum Gasteiger partial charge on any atom is 0.0743 e. The van der Waals surface area contributed by atoms with Gasteiger partial charge in [-0.1, -0.05) is 0 Å². The Labute approximate surface area is 77.8 Å². The standard InChI is InChI=1S/C8H5IN2/c9-7-1-4-11-8-2-3-10-5-6(7)8/h1-5H. The number of halogens is 1. The van der Waals surface area contributed by atoms with Crippen molar-refractivity contribution in [3.05, 3.63) is 34.3 Å². The van der Waals surface area contributed by atoms with Crippen LogP contribution in [0.5, 0.6) is 0 Å². The van der Waals surface area contributed by atoms with Crippen molar-refractivity contribution in [1.29, 1.82) is 0 Å². The highest BCUT2D eigenvalue weighted by Crippen LogP contribution is 2.15. The molecule has 0 amide bonds. The Bertz CT molecular complexity index is 381. The van der Waals surface area contributed by atoms with E-state index in [1.165, 1.54) is 3.57 Å². The molecule has 0 saturated carbocycles. The quantitative estimate of drug-likeness (QED) is 0.675. The summed E-state index contributed by atoms with van der Waals surface area (Å²) in [4.78, 5) is 8.23. The minimum Gasteiger partial charge on any atom is -0.264 e. The summed E-state index contributed by atoms with van der Waals surface area (Å²) in [5.74, 6) is 0. The summed E-state index contributed by atoms with van der Waals surface area (Å²) in [5.41, 5.74) is 1.01. The van der Waals surface area contributed by atoms with Gasteiger partial charge in [0.2, 0.25) is 0 Å². The van der Waals surface area contributed by atoms with Crippen LogP contribution in [0.2, 0.25) is 0 Å². The molecule has 0 aromatic carbocycles. The van der Waals surface area contributed by atoms with Crippen LogP contribution in [0, 0.1) is 3.57 Å². The van der Waals surface area contributed by atoms with E-state index >= 15 is 0 Å². The molecule has 3 heteroatoms. The van der Waals surface area contributed by atoms with Gasteiger partial charge in [-0.15, -0.1) is 0 Å². The Morgan fingerprint density at radius 1 is 1.18 bits per heavy atom. The number of pyridine rings is 2. The van der Waals surface area contributed by atoms with Gasteiger partial charge in [-0.05, 0) is 34.7 Å². The molecule has 0 aliphatic rings. The summed E-state index contributed by atoms with van der Waals surface area (Å²) in [7, 11) is 0. The molecule has 54 valence electrons. The van der Waals surface area contributed by atoms with Crippen LogP contribution < -0.4 is 0 Å². The molecule has 0 radical (unpaired) electrons. The fraction of sp³-hybridized carbons (Fsp3) is 0. The van der Waals surface area contributed by atoms with Gasteiger partial charge in [0.25, 0.3) is 0 Å². The molecular formula is C8H5IN2. The van der Waals surface area contributed by atoms with E-state index in [1.807, 2.05) is 24.5 Å². The average Bonchev–Trinajstić information content (AvgIpc) is 2.06. The molecule has 2 nitrogen and oxygen atoms in total. The van der Waals surface area contributed by atoms with Crippen molar-refractivity contribution in [3.8, 4) is 0 Å². The van der Waals surface area contributed by atoms with Crippen LogP contribution in [-0.2, 0) is 0 Å². The largest absolute Gasteiger partial charge is 0.264 e. The van der Waals surface area contributed by atoms with Crippen LogP contribution in [0.3, 0.4) is 0 Å². The van der Waals surface area contributed by atoms with Crippen molar-refractivity contribution in [2.45, 2.75) is 0 Å². The minimum absolute atomic E-state index is 1.01. The van der Waals surface area contributed by atoms with Crippen LogP contribution in [0.1, 0.15) is 0 Å². The predicted octanol–water partition coefficient (Wildman–Crippen LogP) is 2.23. The number of fused-ring (bicyclic) bond motifs is 1. The van der Waals surface area contributed by atoms with Gasteiger partial charge >= 0.3 is 0 Å². The van der Waals surface area contributed by atoms with Gasteiger partial charge in [0.1, 0.15) is 0 Å². The maximum absolute atomic E-state index is 4.20. The molecule has 0 atom stereocenters. The van der Waals surface area contributed by atoms with E-state index in [1.54, 1.807) is 6.20 Å². The number of rotatable bonds is 0. The summed E-state index contributed by atoms with van der Waals surface area (Å²) in [6.07, 6.45) is 5.40. The summed E-state index contributed by atoms with van der Waals surface area (Å²) in [5, 5.41) is 1.12. The molecule has 2 rings (SSSR count). The summed E-state index contributed by atoms with van der Waals surface area (Å²) in [6, 6.07) is 3.89. The number of hydrogen-bond donors (Lipinski definition) is 0. The summed E-state index contributed by atoms with van der Waals surface area (Å²) >= 11 is 2.28. The predicted molar refractivity (Wildman–Crippen MR) is 52.3 cm³/mol. The molecule has 0 aliphatic heterocycles. The van der Waals surface area contributed by atoms with E-state index in [0.29, 0.717) is 0 Å². The van der Waals surface area contributed by atoms with Gasteiger partial charge in [0, 0.05) is 27.5 Å². The van der Waals surface area contributed by atoms with Crippen molar-refractivity contribution in [2.24, 2.45) is 0 Å². The molecule has 2 aromatic heterocycles. The van der Waals surface area contributed by atoms with E-state index in [2.05, 4.69) is 32.6 Å². The zero-order valence-corrected chi connectivity index (χ0v) is 7.82. The molecule has 0 unspecified atom stereocenters. The van der Waals surface area contributed by atoms with Gasteiger partial charge in [0.15, 0.2) is 0 Å². The van der Waals surface area contributed by atoms with E-state index in [4.69, 9.17) is 0 Å². The smallest absolute Gasteiger partial charge is 0.0743 e. The first kappa shape index (κ1) is 6.97. The zero-order chi connectivity index (χ0) is 7.68. The first-order valence-corrected chi connectivity index (χ1v) is 4.30. The van der Waals surface area contributed by atoms with E-state index in [0.717, 1.165) is 10.9 Å². The Morgan fingerprint density at radius 2 is 2.09 bits per heavy atom. The van der Waals surface area contributed by atoms with Gasteiger partial charge in [-0.2, -0.15) is 0 Å². The molecule has 2 heterocycles. The topological polar surface area (TPSA) is 25.8 Å². The highest BCUT2D eigenvalue weighted by atomic mass is 127. The fourth-order valence-electron chi connectivity index (χ4n) is 0.956. The molecule has 0 bridgehead atoms. The van der Waals surface area contributed by atoms with Crippen LogP contribution in [0.4, 0.5) is 0 Å². The molecule has 11 heavy (non-hydrogen) atoms.